The van der Waals surface area contributed by atoms with Gasteiger partial charge in [-0.3, -0.25) is 14.9 Å². The van der Waals surface area contributed by atoms with Gasteiger partial charge >= 0.3 is 0 Å². The molecule has 3 N–H and O–H groups in total. The van der Waals surface area contributed by atoms with Gasteiger partial charge in [0.1, 0.15) is 11.5 Å². The van der Waals surface area contributed by atoms with E-state index in [-0.39, 0.29) is 17.6 Å². The number of nitrogens with zero attached hydrogens (tertiary/aromatic N) is 2. The van der Waals surface area contributed by atoms with E-state index in [0.29, 0.717) is 5.69 Å². The van der Waals surface area contributed by atoms with Crippen molar-refractivity contribution in [2.45, 2.75) is 13.8 Å². The van der Waals surface area contributed by atoms with Crippen LogP contribution in [0.2, 0.25) is 0 Å². The molecule has 6 aromatic rings. The van der Waals surface area contributed by atoms with Gasteiger partial charge in [-0.1, -0.05) is 44.2 Å². The molecule has 1 amide bonds. The summed E-state index contributed by atoms with van der Waals surface area (Å²) < 4.78 is 13.9. The molecule has 0 fully saturated rings. The van der Waals surface area contributed by atoms with Crippen LogP contribution in [0.4, 0.5) is 10.1 Å². The molecular formula is C30H24FN5O. The van der Waals surface area contributed by atoms with Gasteiger partial charge in [-0.05, 0) is 59.2 Å². The van der Waals surface area contributed by atoms with Crippen LogP contribution in [0.25, 0.3) is 55.4 Å². The van der Waals surface area contributed by atoms with Crippen molar-refractivity contribution in [3.05, 3.63) is 91.0 Å². The highest BCUT2D eigenvalue weighted by atomic mass is 19.1. The number of benzene rings is 3. The number of hydrogen-bond donors (Lipinski definition) is 3. The molecule has 6 nitrogen and oxygen atoms in total. The lowest BCUT2D eigenvalue weighted by Gasteiger charge is -2.09. The van der Waals surface area contributed by atoms with Crippen LogP contribution in [0.5, 0.6) is 0 Å². The van der Waals surface area contributed by atoms with Crippen LogP contribution in [0, 0.1) is 11.7 Å². The van der Waals surface area contributed by atoms with Gasteiger partial charge in [0.25, 0.3) is 0 Å². The fourth-order valence-corrected chi connectivity index (χ4v) is 4.54. The monoisotopic (exact) mass is 489 g/mol. The lowest BCUT2D eigenvalue weighted by atomic mass is 10.0. The number of anilines is 1. The molecule has 0 saturated carbocycles. The van der Waals surface area contributed by atoms with E-state index in [9.17, 15) is 9.18 Å². The van der Waals surface area contributed by atoms with E-state index in [2.05, 4.69) is 37.6 Å². The van der Waals surface area contributed by atoms with Crippen molar-refractivity contribution in [2.24, 2.45) is 5.92 Å². The predicted octanol–water partition coefficient (Wildman–Crippen LogP) is 7.17. The second-order valence-electron chi connectivity index (χ2n) is 9.40. The number of rotatable bonds is 5. The lowest BCUT2D eigenvalue weighted by molar-refractivity contribution is -0.118. The number of halogens is 1. The molecule has 0 spiro atoms. The number of amides is 1. The Kier molecular flexibility index (Phi) is 5.53. The zero-order chi connectivity index (χ0) is 25.5. The average molecular weight is 490 g/mol. The summed E-state index contributed by atoms with van der Waals surface area (Å²) in [6, 6.07) is 22.6. The Morgan fingerprint density at radius 2 is 1.73 bits per heavy atom. The lowest BCUT2D eigenvalue weighted by Crippen LogP contribution is -2.17. The van der Waals surface area contributed by atoms with Crippen LogP contribution in [0.1, 0.15) is 13.8 Å². The first kappa shape index (κ1) is 22.7. The third-order valence-corrected chi connectivity index (χ3v) is 6.48. The van der Waals surface area contributed by atoms with Gasteiger partial charge in [-0.2, -0.15) is 5.10 Å². The van der Waals surface area contributed by atoms with Crippen molar-refractivity contribution in [1.82, 2.24) is 20.2 Å². The van der Waals surface area contributed by atoms with Crippen LogP contribution < -0.4 is 5.32 Å². The quantitative estimate of drug-likeness (QED) is 0.240. The average Bonchev–Trinajstić information content (AvgIpc) is 3.52. The molecule has 0 unspecified atom stereocenters. The van der Waals surface area contributed by atoms with E-state index in [0.717, 1.165) is 55.4 Å². The smallest absolute Gasteiger partial charge is 0.226 e. The van der Waals surface area contributed by atoms with Crippen LogP contribution in [-0.2, 0) is 4.79 Å². The molecule has 37 heavy (non-hydrogen) atoms. The van der Waals surface area contributed by atoms with Gasteiger partial charge in [0, 0.05) is 34.0 Å². The number of carbonyl (C=O) groups is 1. The molecule has 3 heterocycles. The Morgan fingerprint density at radius 3 is 2.57 bits per heavy atom. The number of pyridine rings is 1. The fourth-order valence-electron chi connectivity index (χ4n) is 4.54. The molecule has 3 aromatic heterocycles. The maximum absolute atomic E-state index is 13.9. The summed E-state index contributed by atoms with van der Waals surface area (Å²) in [4.78, 5) is 19.9. The van der Waals surface area contributed by atoms with Gasteiger partial charge in [-0.25, -0.2) is 4.39 Å². The molecule has 0 aliphatic heterocycles. The van der Waals surface area contributed by atoms with Crippen molar-refractivity contribution in [1.29, 1.82) is 0 Å². The van der Waals surface area contributed by atoms with Crippen LogP contribution >= 0.6 is 0 Å². The molecule has 6 rings (SSSR count). The number of nitrogens with one attached hydrogen (secondary N) is 3. The molecule has 0 aliphatic rings. The van der Waals surface area contributed by atoms with E-state index in [1.807, 2.05) is 56.3 Å². The number of H-pyrrole nitrogens is 2. The Hall–Kier alpha value is -4.78. The van der Waals surface area contributed by atoms with Crippen molar-refractivity contribution < 1.29 is 9.18 Å². The zero-order valence-electron chi connectivity index (χ0n) is 20.3. The first-order valence-corrected chi connectivity index (χ1v) is 12.1. The molecule has 7 heteroatoms. The van der Waals surface area contributed by atoms with Gasteiger partial charge in [0.15, 0.2) is 0 Å². The van der Waals surface area contributed by atoms with Crippen molar-refractivity contribution in [3.63, 3.8) is 0 Å². The second kappa shape index (κ2) is 9.02. The second-order valence-corrected chi connectivity index (χ2v) is 9.40. The minimum atomic E-state index is -0.265. The molecule has 0 saturated heterocycles. The van der Waals surface area contributed by atoms with E-state index in [1.165, 1.54) is 6.07 Å². The third kappa shape index (κ3) is 4.25. The predicted molar refractivity (Wildman–Crippen MR) is 145 cm³/mol. The maximum Gasteiger partial charge on any atom is 0.226 e. The summed E-state index contributed by atoms with van der Waals surface area (Å²) in [5.74, 6) is -0.437. The summed E-state index contributed by atoms with van der Waals surface area (Å²) in [6.45, 7) is 3.71. The van der Waals surface area contributed by atoms with Crippen molar-refractivity contribution in [2.75, 3.05) is 5.32 Å². The van der Waals surface area contributed by atoms with E-state index < -0.39 is 0 Å². The molecule has 0 atom stereocenters. The Morgan fingerprint density at radius 1 is 0.865 bits per heavy atom. The van der Waals surface area contributed by atoms with Crippen LogP contribution in [0.3, 0.4) is 0 Å². The largest absolute Gasteiger partial charge is 0.353 e. The summed E-state index contributed by atoms with van der Waals surface area (Å²) in [7, 11) is 0. The molecule has 0 radical (unpaired) electrons. The summed E-state index contributed by atoms with van der Waals surface area (Å²) in [5, 5.41) is 12.6. The van der Waals surface area contributed by atoms with Crippen LogP contribution in [-0.4, -0.2) is 26.1 Å². The first-order valence-electron chi connectivity index (χ1n) is 12.1. The number of aromatic nitrogens is 4. The maximum atomic E-state index is 13.9. The standard InChI is InChI=1S/C30H24FN5O/c1-17(2)30(37)33-22-12-20(15-32-16-22)18-9-10-27-25(13-18)29(36-35-27)28-14-24-23(7-4-8-26(24)34-28)19-5-3-6-21(31)11-19/h3-17,34H,1-2H3,(H,33,37)(H,35,36). The van der Waals surface area contributed by atoms with E-state index in [1.54, 1.807) is 24.5 Å². The van der Waals surface area contributed by atoms with Crippen molar-refractivity contribution in [3.8, 4) is 33.6 Å². The molecular weight excluding hydrogens is 465 g/mol. The highest BCUT2D eigenvalue weighted by molar-refractivity contribution is 6.02. The third-order valence-electron chi connectivity index (χ3n) is 6.48. The first-order chi connectivity index (χ1) is 18.0. The number of aromatic amines is 2. The SMILES string of the molecule is CC(C)C(=O)Nc1cncc(-c2ccc3[nH]nc(-c4cc5c(-c6cccc(F)c6)cccc5[nH]4)c3c2)c1. The highest BCUT2D eigenvalue weighted by Gasteiger charge is 2.15. The summed E-state index contributed by atoms with van der Waals surface area (Å²) in [6.07, 6.45) is 3.42. The fraction of sp³-hybridized carbons (Fsp3) is 0.100. The zero-order valence-corrected chi connectivity index (χ0v) is 20.3. The van der Waals surface area contributed by atoms with Gasteiger partial charge in [0.2, 0.25) is 5.91 Å². The van der Waals surface area contributed by atoms with Gasteiger partial charge in [0.05, 0.1) is 23.1 Å². The molecule has 3 aromatic carbocycles. The topological polar surface area (TPSA) is 86.5 Å². The van der Waals surface area contributed by atoms with E-state index >= 15 is 0 Å². The van der Waals surface area contributed by atoms with Gasteiger partial charge in [-0.15, -0.1) is 0 Å². The van der Waals surface area contributed by atoms with Crippen LogP contribution in [0.15, 0.2) is 85.2 Å². The summed E-state index contributed by atoms with van der Waals surface area (Å²) in [5.41, 5.74) is 7.77. The Balaban J connectivity index is 1.41. The summed E-state index contributed by atoms with van der Waals surface area (Å²) >= 11 is 0. The highest BCUT2D eigenvalue weighted by Crippen LogP contribution is 2.35. The van der Waals surface area contributed by atoms with E-state index in [4.69, 9.17) is 0 Å². The molecule has 182 valence electrons. The molecule has 0 aliphatic carbocycles. The minimum Gasteiger partial charge on any atom is -0.353 e. The molecule has 0 bridgehead atoms. The Labute approximate surface area is 212 Å². The minimum absolute atomic E-state index is 0.0528. The number of carbonyl (C=O) groups excluding carboxylic acids is 1. The Bertz CT molecular complexity index is 1780. The number of hydrogen-bond acceptors (Lipinski definition) is 3. The number of fused-ring (bicyclic) bond motifs is 2. The normalized spacial score (nSPS) is 11.5. The van der Waals surface area contributed by atoms with Crippen molar-refractivity contribution >= 4 is 33.4 Å². The van der Waals surface area contributed by atoms with Gasteiger partial charge < -0.3 is 10.3 Å².